The summed E-state index contributed by atoms with van der Waals surface area (Å²) < 4.78 is 5.70. The zero-order chi connectivity index (χ0) is 8.97. The van der Waals surface area contributed by atoms with Gasteiger partial charge in [0.25, 0.3) is 0 Å². The molecule has 0 heterocycles. The van der Waals surface area contributed by atoms with Gasteiger partial charge in [-0.25, -0.2) is 0 Å². The fourth-order valence-electron chi connectivity index (χ4n) is 1.46. The summed E-state index contributed by atoms with van der Waals surface area (Å²) >= 11 is 0. The molecule has 1 saturated carbocycles. The van der Waals surface area contributed by atoms with Gasteiger partial charge in [0.1, 0.15) is 5.76 Å². The van der Waals surface area contributed by atoms with Crippen molar-refractivity contribution in [1.29, 1.82) is 0 Å². The minimum atomic E-state index is 0.437. The highest BCUT2D eigenvalue weighted by Gasteiger charge is 2.16. The molecule has 1 fully saturated rings. The number of ether oxygens (including phenoxy) is 1. The van der Waals surface area contributed by atoms with Gasteiger partial charge in [-0.3, -0.25) is 0 Å². The van der Waals surface area contributed by atoms with Gasteiger partial charge >= 0.3 is 0 Å². The maximum Gasteiger partial charge on any atom is 0.115 e. The molecule has 0 aromatic carbocycles. The average molecular weight is 166 g/mol. The van der Waals surface area contributed by atoms with Gasteiger partial charge in [0.05, 0.1) is 6.10 Å². The highest BCUT2D eigenvalue weighted by atomic mass is 16.5. The van der Waals surface area contributed by atoms with Crippen LogP contribution in [0.3, 0.4) is 0 Å². The third kappa shape index (κ3) is 2.40. The molecule has 0 radical (unpaired) electrons. The fourth-order valence-corrected chi connectivity index (χ4v) is 1.46. The van der Waals surface area contributed by atoms with E-state index < -0.39 is 0 Å². The van der Waals surface area contributed by atoms with Crippen molar-refractivity contribution in [2.24, 2.45) is 0 Å². The van der Waals surface area contributed by atoms with Gasteiger partial charge in [0.15, 0.2) is 0 Å². The first-order valence-electron chi connectivity index (χ1n) is 4.73. The zero-order valence-electron chi connectivity index (χ0n) is 8.10. The van der Waals surface area contributed by atoms with Gasteiger partial charge < -0.3 is 4.74 Å². The average Bonchev–Trinajstić information content (AvgIpc) is 2.55. The van der Waals surface area contributed by atoms with Crippen molar-refractivity contribution in [1.82, 2.24) is 0 Å². The van der Waals surface area contributed by atoms with E-state index in [9.17, 15) is 0 Å². The topological polar surface area (TPSA) is 9.23 Å². The Morgan fingerprint density at radius 1 is 1.42 bits per heavy atom. The second kappa shape index (κ2) is 4.34. The Bertz CT molecular complexity index is 185. The summed E-state index contributed by atoms with van der Waals surface area (Å²) in [5.41, 5.74) is 1.15. The van der Waals surface area contributed by atoms with E-state index in [-0.39, 0.29) is 0 Å². The molecular weight excluding hydrogens is 148 g/mol. The van der Waals surface area contributed by atoms with Crippen LogP contribution in [0.25, 0.3) is 0 Å². The highest BCUT2D eigenvalue weighted by Crippen LogP contribution is 2.24. The standard InChI is InChI=1S/C11H18O/c1-4-9(2)10(3)12-11-7-5-6-8-11/h4,11H,3,5-8H2,1-2H3/b9-4-. The molecule has 0 amide bonds. The van der Waals surface area contributed by atoms with E-state index in [4.69, 9.17) is 4.74 Å². The van der Waals surface area contributed by atoms with Crippen LogP contribution in [0.15, 0.2) is 24.0 Å². The van der Waals surface area contributed by atoms with Crippen LogP contribution in [-0.4, -0.2) is 6.10 Å². The molecule has 68 valence electrons. The number of rotatable bonds is 3. The molecule has 0 N–H and O–H groups in total. The lowest BCUT2D eigenvalue weighted by Crippen LogP contribution is -2.06. The van der Waals surface area contributed by atoms with Crippen LogP contribution < -0.4 is 0 Å². The minimum Gasteiger partial charge on any atom is -0.491 e. The molecule has 0 unspecified atom stereocenters. The molecule has 1 rings (SSSR count). The van der Waals surface area contributed by atoms with Crippen molar-refractivity contribution in [3.8, 4) is 0 Å². The van der Waals surface area contributed by atoms with E-state index in [2.05, 4.69) is 6.58 Å². The number of allylic oxidation sites excluding steroid dienone is 2. The predicted molar refractivity (Wildman–Crippen MR) is 51.9 cm³/mol. The van der Waals surface area contributed by atoms with Crippen LogP contribution in [-0.2, 0) is 4.74 Å². The first kappa shape index (κ1) is 9.37. The molecule has 0 aromatic rings. The van der Waals surface area contributed by atoms with Crippen molar-refractivity contribution in [2.45, 2.75) is 45.6 Å². The van der Waals surface area contributed by atoms with Gasteiger partial charge in [0.2, 0.25) is 0 Å². The van der Waals surface area contributed by atoms with Crippen molar-refractivity contribution < 1.29 is 4.74 Å². The zero-order valence-corrected chi connectivity index (χ0v) is 8.10. The lowest BCUT2D eigenvalue weighted by molar-refractivity contribution is 0.129. The molecule has 1 aliphatic rings. The van der Waals surface area contributed by atoms with Crippen molar-refractivity contribution in [3.63, 3.8) is 0 Å². The van der Waals surface area contributed by atoms with Crippen LogP contribution in [0.2, 0.25) is 0 Å². The van der Waals surface area contributed by atoms with Gasteiger partial charge in [-0.15, -0.1) is 0 Å². The van der Waals surface area contributed by atoms with Crippen molar-refractivity contribution in [3.05, 3.63) is 24.0 Å². The molecule has 0 aromatic heterocycles. The summed E-state index contributed by atoms with van der Waals surface area (Å²) in [5.74, 6) is 0.851. The molecule has 1 nitrogen and oxygen atoms in total. The molecule has 0 saturated heterocycles. The van der Waals surface area contributed by atoms with Gasteiger partial charge in [-0.2, -0.15) is 0 Å². The van der Waals surface area contributed by atoms with Gasteiger partial charge in [0, 0.05) is 0 Å². The smallest absolute Gasteiger partial charge is 0.115 e. The van der Waals surface area contributed by atoms with Crippen LogP contribution in [0, 0.1) is 0 Å². The third-order valence-corrected chi connectivity index (χ3v) is 2.48. The largest absolute Gasteiger partial charge is 0.491 e. The van der Waals surface area contributed by atoms with E-state index >= 15 is 0 Å². The maximum atomic E-state index is 5.70. The summed E-state index contributed by atoms with van der Waals surface area (Å²) in [4.78, 5) is 0. The summed E-state index contributed by atoms with van der Waals surface area (Å²) in [6.07, 6.45) is 7.51. The second-order valence-electron chi connectivity index (χ2n) is 3.42. The van der Waals surface area contributed by atoms with Crippen LogP contribution >= 0.6 is 0 Å². The Labute approximate surface area is 75.1 Å². The lowest BCUT2D eigenvalue weighted by Gasteiger charge is -2.15. The summed E-state index contributed by atoms with van der Waals surface area (Å²) in [6, 6.07) is 0. The summed E-state index contributed by atoms with van der Waals surface area (Å²) in [7, 11) is 0. The quantitative estimate of drug-likeness (QED) is 0.461. The van der Waals surface area contributed by atoms with Gasteiger partial charge in [-0.05, 0) is 45.1 Å². The van der Waals surface area contributed by atoms with E-state index in [1.54, 1.807) is 0 Å². The molecule has 1 aliphatic carbocycles. The van der Waals surface area contributed by atoms with E-state index in [0.717, 1.165) is 11.3 Å². The first-order chi connectivity index (χ1) is 5.74. The lowest BCUT2D eigenvalue weighted by atomic mass is 10.2. The molecule has 0 aliphatic heterocycles. The molecule has 12 heavy (non-hydrogen) atoms. The normalized spacial score (nSPS) is 19.7. The molecule has 0 spiro atoms. The Hall–Kier alpha value is -0.720. The number of hydrogen-bond donors (Lipinski definition) is 0. The van der Waals surface area contributed by atoms with Crippen LogP contribution in [0.1, 0.15) is 39.5 Å². The van der Waals surface area contributed by atoms with Crippen LogP contribution in [0.4, 0.5) is 0 Å². The van der Waals surface area contributed by atoms with E-state index in [1.807, 2.05) is 19.9 Å². The Morgan fingerprint density at radius 3 is 2.50 bits per heavy atom. The fraction of sp³-hybridized carbons (Fsp3) is 0.636. The summed E-state index contributed by atoms with van der Waals surface area (Å²) in [6.45, 7) is 7.95. The third-order valence-electron chi connectivity index (χ3n) is 2.48. The number of hydrogen-bond acceptors (Lipinski definition) is 1. The Kier molecular flexibility index (Phi) is 3.39. The Balaban J connectivity index is 2.35. The predicted octanol–water partition coefficient (Wildman–Crippen LogP) is 3.43. The molecule has 1 heteroatoms. The van der Waals surface area contributed by atoms with Crippen molar-refractivity contribution >= 4 is 0 Å². The molecule has 0 atom stereocenters. The molecule has 0 bridgehead atoms. The van der Waals surface area contributed by atoms with Crippen molar-refractivity contribution in [2.75, 3.05) is 0 Å². The first-order valence-corrected chi connectivity index (χ1v) is 4.73. The Morgan fingerprint density at radius 2 is 2.00 bits per heavy atom. The monoisotopic (exact) mass is 166 g/mol. The summed E-state index contributed by atoms with van der Waals surface area (Å²) in [5, 5.41) is 0. The van der Waals surface area contributed by atoms with E-state index in [1.165, 1.54) is 25.7 Å². The molecular formula is C11H18O. The van der Waals surface area contributed by atoms with Crippen LogP contribution in [0.5, 0.6) is 0 Å². The maximum absolute atomic E-state index is 5.70. The van der Waals surface area contributed by atoms with Gasteiger partial charge in [-0.1, -0.05) is 12.7 Å². The minimum absolute atomic E-state index is 0.437. The van der Waals surface area contributed by atoms with E-state index in [0.29, 0.717) is 6.10 Å². The highest BCUT2D eigenvalue weighted by molar-refractivity contribution is 5.19. The SMILES string of the molecule is C=C(OC1CCCC1)/C(C)=C\C. The second-order valence-corrected chi connectivity index (χ2v) is 3.42.